The van der Waals surface area contributed by atoms with Gasteiger partial charge in [-0.2, -0.15) is 0 Å². The van der Waals surface area contributed by atoms with E-state index in [2.05, 4.69) is 4.98 Å². The predicted octanol–water partition coefficient (Wildman–Crippen LogP) is 1.60. The van der Waals surface area contributed by atoms with E-state index >= 15 is 0 Å². The molecule has 0 radical (unpaired) electrons. The van der Waals surface area contributed by atoms with E-state index in [1.165, 1.54) is 33.0 Å². The zero-order chi connectivity index (χ0) is 16.7. The zero-order valence-corrected chi connectivity index (χ0v) is 12.3. The summed E-state index contributed by atoms with van der Waals surface area (Å²) in [6, 6.07) is 4.72. The maximum atomic E-state index is 13.3. The molecule has 1 amide bonds. The van der Waals surface area contributed by atoms with Crippen LogP contribution in [0.15, 0.2) is 29.1 Å². The molecule has 116 valence electrons. The van der Waals surface area contributed by atoms with Crippen molar-refractivity contribution in [2.75, 3.05) is 7.05 Å². The number of pyridine rings is 1. The second-order valence-electron chi connectivity index (χ2n) is 5.47. The highest BCUT2D eigenvalue weighted by Gasteiger charge is 2.36. The van der Waals surface area contributed by atoms with E-state index in [4.69, 9.17) is 0 Å². The maximum Gasteiger partial charge on any atom is 0.329 e. The lowest BCUT2D eigenvalue weighted by molar-refractivity contribution is -0.147. The van der Waals surface area contributed by atoms with Crippen molar-refractivity contribution in [1.29, 1.82) is 0 Å². The summed E-state index contributed by atoms with van der Waals surface area (Å²) in [5.74, 6) is -2.36. The number of hydrogen-bond acceptors (Lipinski definition) is 3. The summed E-state index contributed by atoms with van der Waals surface area (Å²) in [5.41, 5.74) is -1.82. The van der Waals surface area contributed by atoms with Crippen molar-refractivity contribution in [2.24, 2.45) is 0 Å². The SMILES string of the molecule is CN(C(=O)c1cc(=O)[nH]c2cc(F)ccc12)C(C)(C)C(=O)O. The maximum absolute atomic E-state index is 13.3. The molecule has 1 aromatic carbocycles. The molecular weight excluding hydrogens is 291 g/mol. The van der Waals surface area contributed by atoms with Crippen LogP contribution in [0.1, 0.15) is 24.2 Å². The zero-order valence-electron chi connectivity index (χ0n) is 12.3. The lowest BCUT2D eigenvalue weighted by atomic mass is 10.0. The average Bonchev–Trinajstić information content (AvgIpc) is 2.43. The Balaban J connectivity index is 2.62. The summed E-state index contributed by atoms with van der Waals surface area (Å²) < 4.78 is 13.3. The molecule has 0 aliphatic heterocycles. The second-order valence-corrected chi connectivity index (χ2v) is 5.47. The highest BCUT2D eigenvalue weighted by Crippen LogP contribution is 2.21. The third-order valence-corrected chi connectivity index (χ3v) is 3.70. The molecule has 0 aliphatic carbocycles. The van der Waals surface area contributed by atoms with Crippen LogP contribution in [0.25, 0.3) is 10.9 Å². The number of rotatable bonds is 3. The van der Waals surface area contributed by atoms with Gasteiger partial charge in [0.15, 0.2) is 0 Å². The molecule has 1 aromatic heterocycles. The number of fused-ring (bicyclic) bond motifs is 1. The predicted molar refractivity (Wildman–Crippen MR) is 78.3 cm³/mol. The minimum atomic E-state index is -1.45. The first-order valence-electron chi connectivity index (χ1n) is 6.48. The molecule has 2 rings (SSSR count). The smallest absolute Gasteiger partial charge is 0.329 e. The van der Waals surface area contributed by atoms with E-state index < -0.39 is 28.8 Å². The normalized spacial score (nSPS) is 11.5. The van der Waals surface area contributed by atoms with E-state index in [0.29, 0.717) is 5.39 Å². The van der Waals surface area contributed by atoms with Crippen LogP contribution in [0.4, 0.5) is 4.39 Å². The number of H-pyrrole nitrogens is 1. The highest BCUT2D eigenvalue weighted by molar-refractivity contribution is 6.07. The fraction of sp³-hybridized carbons (Fsp3) is 0.267. The van der Waals surface area contributed by atoms with Crippen LogP contribution in [0.5, 0.6) is 0 Å². The number of hydrogen-bond donors (Lipinski definition) is 2. The summed E-state index contributed by atoms with van der Waals surface area (Å²) in [7, 11) is 1.34. The van der Waals surface area contributed by atoms with Gasteiger partial charge in [0.1, 0.15) is 11.4 Å². The van der Waals surface area contributed by atoms with Crippen LogP contribution in [0.3, 0.4) is 0 Å². The van der Waals surface area contributed by atoms with Gasteiger partial charge in [-0.3, -0.25) is 9.59 Å². The molecule has 6 nitrogen and oxygen atoms in total. The van der Waals surface area contributed by atoms with Gasteiger partial charge in [0, 0.05) is 18.5 Å². The minimum Gasteiger partial charge on any atom is -0.480 e. The fourth-order valence-corrected chi connectivity index (χ4v) is 1.99. The standard InChI is InChI=1S/C15H15FN2O4/c1-15(2,14(21)22)18(3)13(20)10-7-12(19)17-11-6-8(16)4-5-9(10)11/h4-7H,1-3H3,(H,17,19)(H,21,22). The van der Waals surface area contributed by atoms with Gasteiger partial charge in [0.05, 0.1) is 11.1 Å². The molecule has 0 spiro atoms. The molecule has 2 aromatic rings. The van der Waals surface area contributed by atoms with Crippen molar-refractivity contribution in [3.05, 3.63) is 46.0 Å². The van der Waals surface area contributed by atoms with Gasteiger partial charge in [0.25, 0.3) is 5.91 Å². The number of amides is 1. The van der Waals surface area contributed by atoms with Crippen molar-refractivity contribution in [1.82, 2.24) is 9.88 Å². The lowest BCUT2D eigenvalue weighted by Crippen LogP contribution is -2.50. The summed E-state index contributed by atoms with van der Waals surface area (Å²) >= 11 is 0. The number of carboxylic acids is 1. The van der Waals surface area contributed by atoms with Crippen molar-refractivity contribution in [3.8, 4) is 0 Å². The van der Waals surface area contributed by atoms with Crippen molar-refractivity contribution in [2.45, 2.75) is 19.4 Å². The number of nitrogens with one attached hydrogen (secondary N) is 1. The van der Waals surface area contributed by atoms with Crippen molar-refractivity contribution < 1.29 is 19.1 Å². The molecular formula is C15H15FN2O4. The van der Waals surface area contributed by atoms with Crippen LogP contribution < -0.4 is 5.56 Å². The van der Waals surface area contributed by atoms with Crippen LogP contribution in [0, 0.1) is 5.82 Å². The van der Waals surface area contributed by atoms with Crippen molar-refractivity contribution in [3.63, 3.8) is 0 Å². The first kappa shape index (κ1) is 15.7. The molecule has 22 heavy (non-hydrogen) atoms. The van der Waals surface area contributed by atoms with E-state index in [1.807, 2.05) is 0 Å². The fourth-order valence-electron chi connectivity index (χ4n) is 1.99. The minimum absolute atomic E-state index is 0.0237. The number of nitrogens with zero attached hydrogens (tertiary/aromatic N) is 1. The van der Waals surface area contributed by atoms with Crippen LogP contribution in [-0.4, -0.2) is 39.5 Å². The lowest BCUT2D eigenvalue weighted by Gasteiger charge is -2.31. The van der Waals surface area contributed by atoms with Gasteiger partial charge >= 0.3 is 5.97 Å². The topological polar surface area (TPSA) is 90.5 Å². The number of halogens is 1. The molecule has 0 bridgehead atoms. The summed E-state index contributed by atoms with van der Waals surface area (Å²) in [4.78, 5) is 39.0. The van der Waals surface area contributed by atoms with Crippen LogP contribution >= 0.6 is 0 Å². The number of carbonyl (C=O) groups excluding carboxylic acids is 1. The Morgan fingerprint density at radius 3 is 2.50 bits per heavy atom. The quantitative estimate of drug-likeness (QED) is 0.901. The Morgan fingerprint density at radius 1 is 1.27 bits per heavy atom. The first-order chi connectivity index (χ1) is 10.1. The number of aromatic nitrogens is 1. The Morgan fingerprint density at radius 2 is 1.91 bits per heavy atom. The van der Waals surface area contributed by atoms with Crippen LogP contribution in [-0.2, 0) is 4.79 Å². The monoisotopic (exact) mass is 306 g/mol. The molecule has 0 saturated heterocycles. The Hall–Kier alpha value is -2.70. The molecule has 0 unspecified atom stereocenters. The molecule has 2 N–H and O–H groups in total. The van der Waals surface area contributed by atoms with Crippen molar-refractivity contribution >= 4 is 22.8 Å². The number of aromatic amines is 1. The van der Waals surface area contributed by atoms with E-state index in [0.717, 1.165) is 17.0 Å². The number of aliphatic carboxylic acids is 1. The largest absolute Gasteiger partial charge is 0.480 e. The van der Waals surface area contributed by atoms with Gasteiger partial charge in [-0.05, 0) is 32.0 Å². The number of carbonyl (C=O) groups is 2. The Bertz CT molecular complexity index is 826. The number of benzene rings is 1. The van der Waals surface area contributed by atoms with Gasteiger partial charge < -0.3 is 15.0 Å². The van der Waals surface area contributed by atoms with E-state index in [1.54, 1.807) is 0 Å². The van der Waals surface area contributed by atoms with E-state index in [-0.39, 0.29) is 11.1 Å². The van der Waals surface area contributed by atoms with Crippen LogP contribution in [0.2, 0.25) is 0 Å². The molecule has 0 aliphatic rings. The van der Waals surface area contributed by atoms with Gasteiger partial charge in [0.2, 0.25) is 5.56 Å². The summed E-state index contributed by atoms with van der Waals surface area (Å²) in [6.45, 7) is 2.75. The third-order valence-electron chi connectivity index (χ3n) is 3.70. The molecule has 1 heterocycles. The highest BCUT2D eigenvalue weighted by atomic mass is 19.1. The Kier molecular flexibility index (Phi) is 3.74. The third kappa shape index (κ3) is 2.57. The molecule has 0 saturated carbocycles. The molecule has 0 atom stereocenters. The second kappa shape index (κ2) is 5.25. The number of carboxylic acid groups (broad SMARTS) is 1. The van der Waals surface area contributed by atoms with Gasteiger partial charge in [-0.1, -0.05) is 0 Å². The first-order valence-corrected chi connectivity index (χ1v) is 6.48. The summed E-state index contributed by atoms with van der Waals surface area (Å²) in [6.07, 6.45) is 0. The average molecular weight is 306 g/mol. The molecule has 7 heteroatoms. The summed E-state index contributed by atoms with van der Waals surface area (Å²) in [5, 5.41) is 9.55. The van der Waals surface area contributed by atoms with Gasteiger partial charge in [-0.25, -0.2) is 9.18 Å². The van der Waals surface area contributed by atoms with E-state index in [9.17, 15) is 23.9 Å². The number of likely N-dealkylation sites (N-methyl/N-ethyl adjacent to an activating group) is 1. The molecule has 0 fully saturated rings. The Labute approximate surface area is 125 Å². The van der Waals surface area contributed by atoms with Gasteiger partial charge in [-0.15, -0.1) is 0 Å².